The van der Waals surface area contributed by atoms with Gasteiger partial charge < -0.3 is 10.0 Å². The van der Waals surface area contributed by atoms with E-state index < -0.39 is 6.09 Å². The molecule has 1 amide bonds. The van der Waals surface area contributed by atoms with Crippen LogP contribution in [0.4, 0.5) is 4.79 Å². The molecule has 16 heavy (non-hydrogen) atoms. The SMILES string of the molecule is CSc1ncc2c(n1)C(C)CN(C(=O)O)C2. The Hall–Kier alpha value is -1.30. The van der Waals surface area contributed by atoms with Gasteiger partial charge in [-0.05, 0) is 6.26 Å². The van der Waals surface area contributed by atoms with Crippen LogP contribution in [0.2, 0.25) is 0 Å². The lowest BCUT2D eigenvalue weighted by atomic mass is 9.98. The molecule has 86 valence electrons. The molecule has 0 aromatic carbocycles. The van der Waals surface area contributed by atoms with Crippen molar-refractivity contribution >= 4 is 17.9 Å². The van der Waals surface area contributed by atoms with Crippen molar-refractivity contribution in [1.82, 2.24) is 14.9 Å². The quantitative estimate of drug-likeness (QED) is 0.598. The Balaban J connectivity index is 2.34. The first-order valence-corrected chi connectivity index (χ1v) is 6.22. The van der Waals surface area contributed by atoms with Crippen LogP contribution in [-0.2, 0) is 6.54 Å². The van der Waals surface area contributed by atoms with Gasteiger partial charge in [0.1, 0.15) is 0 Å². The summed E-state index contributed by atoms with van der Waals surface area (Å²) in [5.74, 6) is 0.133. The zero-order valence-corrected chi connectivity index (χ0v) is 9.99. The molecule has 6 heteroatoms. The lowest BCUT2D eigenvalue weighted by Crippen LogP contribution is -2.37. The molecule has 0 saturated heterocycles. The number of thioether (sulfide) groups is 1. The molecule has 0 aliphatic carbocycles. The molecule has 5 nitrogen and oxygen atoms in total. The van der Waals surface area contributed by atoms with Crippen LogP contribution in [0.3, 0.4) is 0 Å². The standard InChI is InChI=1S/C10H13N3O2S/c1-6-4-13(10(14)15)5-7-3-11-9(16-2)12-8(6)7/h3,6H,4-5H2,1-2H3,(H,14,15). The van der Waals surface area contributed by atoms with Crippen molar-refractivity contribution in [1.29, 1.82) is 0 Å². The minimum absolute atomic E-state index is 0.133. The number of hydrogen-bond acceptors (Lipinski definition) is 4. The van der Waals surface area contributed by atoms with Gasteiger partial charge in [-0.15, -0.1) is 0 Å². The molecule has 2 heterocycles. The highest BCUT2D eigenvalue weighted by Crippen LogP contribution is 2.27. The fourth-order valence-corrected chi connectivity index (χ4v) is 2.23. The molecule has 1 N–H and O–H groups in total. The Kier molecular flexibility index (Phi) is 3.00. The van der Waals surface area contributed by atoms with Gasteiger partial charge >= 0.3 is 6.09 Å². The molecule has 1 unspecified atom stereocenters. The number of amides is 1. The summed E-state index contributed by atoms with van der Waals surface area (Å²) in [5.41, 5.74) is 1.90. The average Bonchev–Trinajstić information content (AvgIpc) is 2.28. The topological polar surface area (TPSA) is 66.3 Å². The van der Waals surface area contributed by atoms with E-state index in [-0.39, 0.29) is 5.92 Å². The van der Waals surface area contributed by atoms with E-state index >= 15 is 0 Å². The molecule has 0 fully saturated rings. The molecule has 0 saturated carbocycles. The second-order valence-corrected chi connectivity index (χ2v) is 4.60. The summed E-state index contributed by atoms with van der Waals surface area (Å²) in [6.07, 6.45) is 2.78. The molecule has 1 aromatic heterocycles. The summed E-state index contributed by atoms with van der Waals surface area (Å²) >= 11 is 1.50. The second-order valence-electron chi connectivity index (χ2n) is 3.83. The van der Waals surface area contributed by atoms with Gasteiger partial charge in [0.05, 0.1) is 12.2 Å². The predicted octanol–water partition coefficient (Wildman–Crippen LogP) is 1.80. The summed E-state index contributed by atoms with van der Waals surface area (Å²) in [6.45, 7) is 2.89. The largest absolute Gasteiger partial charge is 0.465 e. The summed E-state index contributed by atoms with van der Waals surface area (Å²) in [7, 11) is 0. The lowest BCUT2D eigenvalue weighted by molar-refractivity contribution is 0.135. The fraction of sp³-hybridized carbons (Fsp3) is 0.500. The highest BCUT2D eigenvalue weighted by Gasteiger charge is 2.26. The predicted molar refractivity (Wildman–Crippen MR) is 60.7 cm³/mol. The average molecular weight is 239 g/mol. The molecule has 0 spiro atoms. The van der Waals surface area contributed by atoms with Crippen molar-refractivity contribution in [2.24, 2.45) is 0 Å². The Morgan fingerprint density at radius 2 is 2.44 bits per heavy atom. The van der Waals surface area contributed by atoms with Gasteiger partial charge in [0.15, 0.2) is 5.16 Å². The smallest absolute Gasteiger partial charge is 0.407 e. The van der Waals surface area contributed by atoms with E-state index in [0.717, 1.165) is 16.4 Å². The third-order valence-electron chi connectivity index (χ3n) is 2.65. The summed E-state index contributed by atoms with van der Waals surface area (Å²) < 4.78 is 0. The zero-order chi connectivity index (χ0) is 11.7. The van der Waals surface area contributed by atoms with Gasteiger partial charge in [0, 0.05) is 24.2 Å². The van der Waals surface area contributed by atoms with E-state index in [0.29, 0.717) is 13.1 Å². The van der Waals surface area contributed by atoms with Crippen molar-refractivity contribution in [2.75, 3.05) is 12.8 Å². The Morgan fingerprint density at radius 1 is 1.69 bits per heavy atom. The number of aromatic nitrogens is 2. The van der Waals surface area contributed by atoms with Crippen LogP contribution >= 0.6 is 11.8 Å². The van der Waals surface area contributed by atoms with Crippen molar-refractivity contribution in [3.63, 3.8) is 0 Å². The highest BCUT2D eigenvalue weighted by atomic mass is 32.2. The monoisotopic (exact) mass is 239 g/mol. The van der Waals surface area contributed by atoms with Gasteiger partial charge in [-0.25, -0.2) is 14.8 Å². The van der Waals surface area contributed by atoms with E-state index in [9.17, 15) is 4.79 Å². The number of fused-ring (bicyclic) bond motifs is 1. The van der Waals surface area contributed by atoms with Crippen LogP contribution in [-0.4, -0.2) is 38.9 Å². The third kappa shape index (κ3) is 1.97. The van der Waals surface area contributed by atoms with Crippen LogP contribution in [0.5, 0.6) is 0 Å². The molecule has 1 aromatic rings. The summed E-state index contributed by atoms with van der Waals surface area (Å²) in [6, 6.07) is 0. The molecule has 0 radical (unpaired) electrons. The first-order valence-electron chi connectivity index (χ1n) is 4.99. The number of carbonyl (C=O) groups is 1. The minimum atomic E-state index is -0.883. The van der Waals surface area contributed by atoms with E-state index in [1.807, 2.05) is 13.2 Å². The van der Waals surface area contributed by atoms with Crippen molar-refractivity contribution in [3.8, 4) is 0 Å². The Morgan fingerprint density at radius 3 is 3.06 bits per heavy atom. The molecule has 2 rings (SSSR count). The number of rotatable bonds is 1. The Labute approximate surface area is 97.9 Å². The number of carboxylic acid groups (broad SMARTS) is 1. The molecular weight excluding hydrogens is 226 g/mol. The maximum atomic E-state index is 10.9. The number of nitrogens with zero attached hydrogens (tertiary/aromatic N) is 3. The summed E-state index contributed by atoms with van der Waals surface area (Å²) in [5, 5.41) is 9.71. The van der Waals surface area contributed by atoms with Crippen molar-refractivity contribution in [3.05, 3.63) is 17.5 Å². The van der Waals surface area contributed by atoms with Crippen LogP contribution in [0.15, 0.2) is 11.4 Å². The molecule has 1 aliphatic heterocycles. The van der Waals surface area contributed by atoms with Gasteiger partial charge in [0.2, 0.25) is 0 Å². The molecule has 0 bridgehead atoms. The summed E-state index contributed by atoms with van der Waals surface area (Å²) in [4.78, 5) is 20.9. The van der Waals surface area contributed by atoms with E-state index in [1.54, 1.807) is 6.20 Å². The van der Waals surface area contributed by atoms with E-state index in [4.69, 9.17) is 5.11 Å². The normalized spacial score (nSPS) is 19.4. The first-order chi connectivity index (χ1) is 7.61. The molecular formula is C10H13N3O2S. The second kappa shape index (κ2) is 4.29. The Bertz CT molecular complexity index is 425. The van der Waals surface area contributed by atoms with Crippen LogP contribution in [0, 0.1) is 0 Å². The van der Waals surface area contributed by atoms with Crippen molar-refractivity contribution in [2.45, 2.75) is 24.5 Å². The van der Waals surface area contributed by atoms with Crippen molar-refractivity contribution < 1.29 is 9.90 Å². The maximum Gasteiger partial charge on any atom is 0.407 e. The van der Waals surface area contributed by atoms with E-state index in [1.165, 1.54) is 16.7 Å². The van der Waals surface area contributed by atoms with E-state index in [2.05, 4.69) is 9.97 Å². The first kappa shape index (κ1) is 11.2. The van der Waals surface area contributed by atoms with Crippen LogP contribution < -0.4 is 0 Å². The van der Waals surface area contributed by atoms with Gasteiger partial charge in [-0.2, -0.15) is 0 Å². The zero-order valence-electron chi connectivity index (χ0n) is 9.17. The molecule has 1 aliphatic rings. The van der Waals surface area contributed by atoms with Gasteiger partial charge in [-0.3, -0.25) is 0 Å². The van der Waals surface area contributed by atoms with Crippen LogP contribution in [0.1, 0.15) is 24.1 Å². The third-order valence-corrected chi connectivity index (χ3v) is 3.21. The minimum Gasteiger partial charge on any atom is -0.465 e. The highest BCUT2D eigenvalue weighted by molar-refractivity contribution is 7.98. The number of hydrogen-bond donors (Lipinski definition) is 1. The fourth-order valence-electron chi connectivity index (χ4n) is 1.88. The maximum absolute atomic E-state index is 10.9. The molecule has 1 atom stereocenters. The van der Waals surface area contributed by atoms with Crippen LogP contribution in [0.25, 0.3) is 0 Å². The van der Waals surface area contributed by atoms with Gasteiger partial charge in [-0.1, -0.05) is 18.7 Å². The van der Waals surface area contributed by atoms with Gasteiger partial charge in [0.25, 0.3) is 0 Å². The lowest BCUT2D eigenvalue weighted by Gasteiger charge is -2.29.